The fourth-order valence-electron chi connectivity index (χ4n) is 0.618. The largest absolute Gasteiger partial charge is 0.464 e. The van der Waals surface area contributed by atoms with Crippen molar-refractivity contribution < 1.29 is 9.53 Å². The van der Waals surface area contributed by atoms with Crippen LogP contribution in [0.5, 0.6) is 0 Å². The van der Waals surface area contributed by atoms with Gasteiger partial charge in [0.05, 0.1) is 0 Å². The maximum absolute atomic E-state index is 10.8. The number of hydrogen-bond acceptors (Lipinski definition) is 3. The Balaban J connectivity index is 3.17. The average molecular weight is 159 g/mol. The minimum Gasteiger partial charge on any atom is -0.464 e. The smallest absolute Gasteiger partial charge is 0.305 e. The van der Waals surface area contributed by atoms with Gasteiger partial charge in [0.1, 0.15) is 6.61 Å². The molecule has 0 amide bonds. The summed E-state index contributed by atoms with van der Waals surface area (Å²) in [5.41, 5.74) is 0. The number of carbonyl (C=O) groups excluding carboxylic acids is 1. The van der Waals surface area contributed by atoms with Crippen molar-refractivity contribution in [2.24, 2.45) is 0 Å². The summed E-state index contributed by atoms with van der Waals surface area (Å²) >= 11 is 0. The molecule has 0 aromatic rings. The van der Waals surface area contributed by atoms with E-state index in [4.69, 9.17) is 4.74 Å². The molecule has 3 heteroatoms. The number of nitrogens with zero attached hydrogens (tertiary/aromatic N) is 1. The quantitative estimate of drug-likeness (QED) is 0.558. The molecule has 0 heterocycles. The van der Waals surface area contributed by atoms with Crippen LogP contribution in [-0.4, -0.2) is 38.1 Å². The molecule has 0 aliphatic heterocycles. The van der Waals surface area contributed by atoms with Crippen LogP contribution in [0.2, 0.25) is 0 Å². The van der Waals surface area contributed by atoms with Crippen LogP contribution in [-0.2, 0) is 9.53 Å². The number of esters is 1. The van der Waals surface area contributed by atoms with E-state index in [0.717, 1.165) is 13.0 Å². The molecule has 0 saturated heterocycles. The lowest BCUT2D eigenvalue weighted by Gasteiger charge is -2.09. The van der Waals surface area contributed by atoms with Gasteiger partial charge in [-0.15, -0.1) is 0 Å². The zero-order valence-corrected chi connectivity index (χ0v) is 7.59. The molecule has 0 aliphatic carbocycles. The Morgan fingerprint density at radius 1 is 1.45 bits per heavy atom. The van der Waals surface area contributed by atoms with Gasteiger partial charge in [-0.05, 0) is 20.5 Å². The highest BCUT2D eigenvalue weighted by molar-refractivity contribution is 5.69. The number of carbonyl (C=O) groups is 1. The molecular weight excluding hydrogens is 142 g/mol. The zero-order valence-electron chi connectivity index (χ0n) is 7.59. The second kappa shape index (κ2) is 6.16. The van der Waals surface area contributed by atoms with Crippen molar-refractivity contribution in [3.63, 3.8) is 0 Å². The molecule has 0 rings (SSSR count). The molecule has 0 aromatic carbocycles. The summed E-state index contributed by atoms with van der Waals surface area (Å²) in [6, 6.07) is 0. The standard InChI is InChI=1S/C8H17NO2/c1-4-5-8(10)11-7-6-9(2)3/h4-7H2,1-3H3. The average Bonchev–Trinajstić information content (AvgIpc) is 1.87. The van der Waals surface area contributed by atoms with Crippen LogP contribution >= 0.6 is 0 Å². The fourth-order valence-corrected chi connectivity index (χ4v) is 0.618. The number of hydrogen-bond donors (Lipinski definition) is 0. The molecule has 0 unspecified atom stereocenters. The van der Waals surface area contributed by atoms with Gasteiger partial charge in [0.25, 0.3) is 0 Å². The monoisotopic (exact) mass is 159 g/mol. The van der Waals surface area contributed by atoms with Crippen LogP contribution in [0.15, 0.2) is 0 Å². The van der Waals surface area contributed by atoms with Gasteiger partial charge in [0.2, 0.25) is 0 Å². The maximum atomic E-state index is 10.8. The van der Waals surface area contributed by atoms with Crippen molar-refractivity contribution in [3.05, 3.63) is 0 Å². The van der Waals surface area contributed by atoms with Gasteiger partial charge >= 0.3 is 5.97 Å². The first-order valence-corrected chi connectivity index (χ1v) is 3.97. The van der Waals surface area contributed by atoms with E-state index < -0.39 is 0 Å². The Hall–Kier alpha value is -0.570. The fraction of sp³-hybridized carbons (Fsp3) is 0.875. The van der Waals surface area contributed by atoms with Crippen LogP contribution in [0, 0.1) is 0 Å². The van der Waals surface area contributed by atoms with Crippen molar-refractivity contribution in [1.82, 2.24) is 4.90 Å². The molecule has 0 fully saturated rings. The Morgan fingerprint density at radius 2 is 2.09 bits per heavy atom. The van der Waals surface area contributed by atoms with Gasteiger partial charge < -0.3 is 9.64 Å². The third kappa shape index (κ3) is 7.33. The topological polar surface area (TPSA) is 29.5 Å². The van der Waals surface area contributed by atoms with Gasteiger partial charge in [0, 0.05) is 13.0 Å². The zero-order chi connectivity index (χ0) is 8.69. The van der Waals surface area contributed by atoms with Crippen LogP contribution in [0.4, 0.5) is 0 Å². The lowest BCUT2D eigenvalue weighted by molar-refractivity contribution is -0.143. The number of rotatable bonds is 5. The van der Waals surface area contributed by atoms with E-state index in [1.165, 1.54) is 0 Å². The van der Waals surface area contributed by atoms with Gasteiger partial charge in [-0.1, -0.05) is 6.92 Å². The summed E-state index contributed by atoms with van der Waals surface area (Å²) in [6.45, 7) is 3.27. The van der Waals surface area contributed by atoms with Gasteiger partial charge in [-0.2, -0.15) is 0 Å². The van der Waals surface area contributed by atoms with Crippen molar-refractivity contribution in [2.45, 2.75) is 19.8 Å². The van der Waals surface area contributed by atoms with E-state index >= 15 is 0 Å². The molecule has 0 radical (unpaired) electrons. The third-order valence-electron chi connectivity index (χ3n) is 1.26. The van der Waals surface area contributed by atoms with Crippen molar-refractivity contribution in [1.29, 1.82) is 0 Å². The van der Waals surface area contributed by atoms with E-state index in [9.17, 15) is 4.79 Å². The first kappa shape index (κ1) is 10.4. The molecule has 3 nitrogen and oxygen atoms in total. The SMILES string of the molecule is CCCC(=O)OCCN(C)C. The van der Waals surface area contributed by atoms with Crippen molar-refractivity contribution in [2.75, 3.05) is 27.2 Å². The van der Waals surface area contributed by atoms with E-state index in [0.29, 0.717) is 13.0 Å². The highest BCUT2D eigenvalue weighted by Crippen LogP contribution is 1.90. The van der Waals surface area contributed by atoms with Gasteiger partial charge in [0.15, 0.2) is 0 Å². The number of ether oxygens (including phenoxy) is 1. The van der Waals surface area contributed by atoms with E-state index in [2.05, 4.69) is 0 Å². The number of likely N-dealkylation sites (N-methyl/N-ethyl adjacent to an activating group) is 1. The maximum Gasteiger partial charge on any atom is 0.305 e. The summed E-state index contributed by atoms with van der Waals surface area (Å²) in [5.74, 6) is -0.0886. The molecule has 0 aromatic heterocycles. The lowest BCUT2D eigenvalue weighted by Crippen LogP contribution is -2.19. The predicted molar refractivity (Wildman–Crippen MR) is 44.4 cm³/mol. The molecule has 0 N–H and O–H groups in total. The molecule has 66 valence electrons. The van der Waals surface area contributed by atoms with Crippen LogP contribution in [0.1, 0.15) is 19.8 Å². The highest BCUT2D eigenvalue weighted by Gasteiger charge is 1.99. The second-order valence-corrected chi connectivity index (χ2v) is 2.77. The Kier molecular flexibility index (Phi) is 5.84. The summed E-state index contributed by atoms with van der Waals surface area (Å²) in [4.78, 5) is 12.8. The van der Waals surface area contributed by atoms with Crippen molar-refractivity contribution in [3.8, 4) is 0 Å². The highest BCUT2D eigenvalue weighted by atomic mass is 16.5. The Morgan fingerprint density at radius 3 is 2.55 bits per heavy atom. The Bertz CT molecular complexity index is 113. The molecular formula is C8H17NO2. The van der Waals surface area contributed by atoms with Gasteiger partial charge in [-0.25, -0.2) is 0 Å². The Labute approximate surface area is 68.3 Å². The summed E-state index contributed by atoms with van der Waals surface area (Å²) < 4.78 is 4.91. The van der Waals surface area contributed by atoms with Crippen LogP contribution in [0.3, 0.4) is 0 Å². The molecule has 0 bridgehead atoms. The minimum atomic E-state index is -0.0886. The summed E-state index contributed by atoms with van der Waals surface area (Å²) in [7, 11) is 3.90. The van der Waals surface area contributed by atoms with Crippen LogP contribution in [0.25, 0.3) is 0 Å². The normalized spacial score (nSPS) is 10.2. The van der Waals surface area contributed by atoms with E-state index in [-0.39, 0.29) is 5.97 Å². The molecule has 0 saturated carbocycles. The van der Waals surface area contributed by atoms with Crippen molar-refractivity contribution >= 4 is 5.97 Å². The summed E-state index contributed by atoms with van der Waals surface area (Å²) in [6.07, 6.45) is 1.40. The lowest BCUT2D eigenvalue weighted by atomic mass is 10.3. The molecule has 0 atom stereocenters. The minimum absolute atomic E-state index is 0.0886. The van der Waals surface area contributed by atoms with Crippen LogP contribution < -0.4 is 0 Å². The van der Waals surface area contributed by atoms with E-state index in [1.54, 1.807) is 0 Å². The second-order valence-electron chi connectivity index (χ2n) is 2.77. The first-order chi connectivity index (χ1) is 5.16. The first-order valence-electron chi connectivity index (χ1n) is 3.97. The third-order valence-corrected chi connectivity index (χ3v) is 1.26. The summed E-state index contributed by atoms with van der Waals surface area (Å²) in [5, 5.41) is 0. The molecule has 0 spiro atoms. The van der Waals surface area contributed by atoms with E-state index in [1.807, 2.05) is 25.9 Å². The predicted octanol–water partition coefficient (Wildman–Crippen LogP) is 0.891. The van der Waals surface area contributed by atoms with Gasteiger partial charge in [-0.3, -0.25) is 4.79 Å². The molecule has 0 aliphatic rings. The molecule has 11 heavy (non-hydrogen) atoms.